The minimum absolute atomic E-state index is 0.178. The van der Waals surface area contributed by atoms with Gasteiger partial charge in [0.25, 0.3) is 11.8 Å². The highest BCUT2D eigenvalue weighted by atomic mass is 16.5. The van der Waals surface area contributed by atoms with E-state index in [0.29, 0.717) is 24.3 Å². The van der Waals surface area contributed by atoms with Crippen LogP contribution < -0.4 is 20.1 Å². The van der Waals surface area contributed by atoms with Crippen molar-refractivity contribution in [2.45, 2.75) is 66.6 Å². The van der Waals surface area contributed by atoms with Crippen molar-refractivity contribution in [2.24, 2.45) is 0 Å². The monoisotopic (exact) mass is 564 g/mol. The van der Waals surface area contributed by atoms with Gasteiger partial charge in [0.1, 0.15) is 11.5 Å². The molecule has 0 spiro atoms. The molecule has 0 aliphatic rings. The van der Waals surface area contributed by atoms with Crippen LogP contribution in [0.4, 0.5) is 11.4 Å². The summed E-state index contributed by atoms with van der Waals surface area (Å²) < 4.78 is 11.9. The molecule has 2 unspecified atom stereocenters. The third-order valence-electron chi connectivity index (χ3n) is 7.16. The van der Waals surface area contributed by atoms with Crippen molar-refractivity contribution in [1.29, 1.82) is 0 Å². The van der Waals surface area contributed by atoms with Gasteiger partial charge in [0.05, 0.1) is 0 Å². The van der Waals surface area contributed by atoms with Crippen LogP contribution in [0, 0.1) is 27.7 Å². The zero-order valence-corrected chi connectivity index (χ0v) is 25.3. The molecule has 0 bridgehead atoms. The standard InChI is InChI=1S/C36H40N2O4/c1-7-33(41-29-13-9-11-23(3)19-29)35(39)37-31-17-15-27(21-25(31)5)28-16-18-32(26(6)22-28)38-36(40)34(8-2)42-30-14-10-12-24(4)20-30/h9-22,33-34H,7-8H2,1-6H3,(H,37,39)(H,38,40). The zero-order chi connectivity index (χ0) is 30.2. The Hall–Kier alpha value is -4.58. The van der Waals surface area contributed by atoms with Crippen molar-refractivity contribution in [2.75, 3.05) is 10.6 Å². The van der Waals surface area contributed by atoms with E-state index >= 15 is 0 Å². The minimum Gasteiger partial charge on any atom is -0.481 e. The van der Waals surface area contributed by atoms with Gasteiger partial charge in [-0.25, -0.2) is 0 Å². The second-order valence-electron chi connectivity index (χ2n) is 10.7. The summed E-state index contributed by atoms with van der Waals surface area (Å²) in [6.07, 6.45) is -0.0803. The fourth-order valence-electron chi connectivity index (χ4n) is 4.74. The highest BCUT2D eigenvalue weighted by Gasteiger charge is 2.21. The zero-order valence-electron chi connectivity index (χ0n) is 25.3. The van der Waals surface area contributed by atoms with Crippen LogP contribution in [0.2, 0.25) is 0 Å². The molecule has 0 aromatic heterocycles. The molecule has 0 aliphatic heterocycles. The summed E-state index contributed by atoms with van der Waals surface area (Å²) in [6, 6.07) is 27.3. The average Bonchev–Trinajstić information content (AvgIpc) is 2.96. The maximum absolute atomic E-state index is 13.0. The number of carbonyl (C=O) groups excluding carboxylic acids is 2. The number of benzene rings is 4. The quantitative estimate of drug-likeness (QED) is 0.193. The van der Waals surface area contributed by atoms with Crippen LogP contribution >= 0.6 is 0 Å². The van der Waals surface area contributed by atoms with Crippen LogP contribution in [0.5, 0.6) is 11.5 Å². The smallest absolute Gasteiger partial charge is 0.265 e. The Morgan fingerprint density at radius 2 is 1.00 bits per heavy atom. The van der Waals surface area contributed by atoms with Crippen molar-refractivity contribution >= 4 is 23.2 Å². The van der Waals surface area contributed by atoms with Crippen LogP contribution in [-0.2, 0) is 9.59 Å². The Kier molecular flexibility index (Phi) is 10.0. The van der Waals surface area contributed by atoms with E-state index in [2.05, 4.69) is 10.6 Å². The Morgan fingerprint density at radius 3 is 1.33 bits per heavy atom. The van der Waals surface area contributed by atoms with Crippen LogP contribution in [0.1, 0.15) is 48.9 Å². The topological polar surface area (TPSA) is 76.7 Å². The number of carbonyl (C=O) groups is 2. The van der Waals surface area contributed by atoms with E-state index in [-0.39, 0.29) is 11.8 Å². The van der Waals surface area contributed by atoms with Gasteiger partial charge >= 0.3 is 0 Å². The average molecular weight is 565 g/mol. The van der Waals surface area contributed by atoms with Crippen molar-refractivity contribution in [3.63, 3.8) is 0 Å². The van der Waals surface area contributed by atoms with Gasteiger partial charge in [0.15, 0.2) is 12.2 Å². The van der Waals surface area contributed by atoms with E-state index in [9.17, 15) is 9.59 Å². The van der Waals surface area contributed by atoms with Gasteiger partial charge in [-0.1, -0.05) is 50.2 Å². The lowest BCUT2D eigenvalue weighted by atomic mass is 9.99. The van der Waals surface area contributed by atoms with Crippen molar-refractivity contribution in [1.82, 2.24) is 0 Å². The van der Waals surface area contributed by atoms with Crippen molar-refractivity contribution in [3.8, 4) is 22.6 Å². The Labute approximate surface area is 249 Å². The van der Waals surface area contributed by atoms with Gasteiger partial charge in [-0.15, -0.1) is 0 Å². The highest BCUT2D eigenvalue weighted by molar-refractivity contribution is 5.96. The summed E-state index contributed by atoms with van der Waals surface area (Å²) in [5.41, 5.74) is 7.58. The molecule has 0 saturated carbocycles. The Bertz CT molecular complexity index is 1450. The third-order valence-corrected chi connectivity index (χ3v) is 7.16. The SMILES string of the molecule is CCC(Oc1cccc(C)c1)C(=O)Nc1ccc(-c2ccc(NC(=O)C(CC)Oc3cccc(C)c3)c(C)c2)cc1C. The summed E-state index contributed by atoms with van der Waals surface area (Å²) >= 11 is 0. The molecule has 6 nitrogen and oxygen atoms in total. The van der Waals surface area contributed by atoms with E-state index in [4.69, 9.17) is 9.47 Å². The lowest BCUT2D eigenvalue weighted by molar-refractivity contribution is -0.123. The number of hydrogen-bond acceptors (Lipinski definition) is 4. The molecule has 2 atom stereocenters. The number of aryl methyl sites for hydroxylation is 4. The van der Waals surface area contributed by atoms with E-state index in [1.165, 1.54) is 0 Å². The first kappa shape index (κ1) is 30.4. The molecule has 4 rings (SSSR count). The third kappa shape index (κ3) is 7.78. The predicted octanol–water partition coefficient (Wildman–Crippen LogP) is 8.18. The maximum Gasteiger partial charge on any atom is 0.265 e. The second-order valence-corrected chi connectivity index (χ2v) is 10.7. The fourth-order valence-corrected chi connectivity index (χ4v) is 4.74. The molecule has 0 heterocycles. The van der Waals surface area contributed by atoms with Gasteiger partial charge in [0, 0.05) is 11.4 Å². The van der Waals surface area contributed by atoms with Gasteiger partial charge in [-0.05, 0) is 122 Å². The van der Waals surface area contributed by atoms with E-state index < -0.39 is 12.2 Å². The first-order valence-corrected chi connectivity index (χ1v) is 14.5. The van der Waals surface area contributed by atoms with Crippen LogP contribution in [0.25, 0.3) is 11.1 Å². The van der Waals surface area contributed by atoms with Crippen molar-refractivity contribution < 1.29 is 19.1 Å². The van der Waals surface area contributed by atoms with Gasteiger partial charge < -0.3 is 20.1 Å². The molecule has 4 aromatic rings. The summed E-state index contributed by atoms with van der Waals surface area (Å²) in [6.45, 7) is 11.8. The molecular weight excluding hydrogens is 524 g/mol. The molecule has 218 valence electrons. The summed E-state index contributed by atoms with van der Waals surface area (Å²) in [7, 11) is 0. The predicted molar refractivity (Wildman–Crippen MR) is 170 cm³/mol. The van der Waals surface area contributed by atoms with Crippen LogP contribution in [0.15, 0.2) is 84.9 Å². The molecular formula is C36H40N2O4. The molecule has 0 saturated heterocycles. The Balaban J connectivity index is 1.42. The molecule has 0 aliphatic carbocycles. The Morgan fingerprint density at radius 1 is 0.595 bits per heavy atom. The molecule has 0 fully saturated rings. The normalized spacial score (nSPS) is 12.2. The van der Waals surface area contributed by atoms with Crippen LogP contribution in [-0.4, -0.2) is 24.0 Å². The van der Waals surface area contributed by atoms with E-state index in [1.54, 1.807) is 0 Å². The van der Waals surface area contributed by atoms with Gasteiger partial charge in [-0.2, -0.15) is 0 Å². The second kappa shape index (κ2) is 13.9. The fraction of sp³-hybridized carbons (Fsp3) is 0.278. The first-order chi connectivity index (χ1) is 20.2. The largest absolute Gasteiger partial charge is 0.481 e. The van der Waals surface area contributed by atoms with E-state index in [1.807, 2.05) is 126 Å². The first-order valence-electron chi connectivity index (χ1n) is 14.5. The van der Waals surface area contributed by atoms with Gasteiger partial charge in [-0.3, -0.25) is 9.59 Å². The highest BCUT2D eigenvalue weighted by Crippen LogP contribution is 2.29. The number of nitrogens with one attached hydrogen (secondary N) is 2. The summed E-state index contributed by atoms with van der Waals surface area (Å²) in [5, 5.41) is 6.06. The molecule has 2 amide bonds. The minimum atomic E-state index is -0.592. The lowest BCUT2D eigenvalue weighted by Crippen LogP contribution is -2.32. The molecule has 4 aromatic carbocycles. The van der Waals surface area contributed by atoms with Crippen LogP contribution in [0.3, 0.4) is 0 Å². The number of anilines is 2. The lowest BCUT2D eigenvalue weighted by Gasteiger charge is -2.19. The maximum atomic E-state index is 13.0. The number of amides is 2. The van der Waals surface area contributed by atoms with Gasteiger partial charge in [0.2, 0.25) is 0 Å². The molecule has 0 radical (unpaired) electrons. The summed E-state index contributed by atoms with van der Waals surface area (Å²) in [5.74, 6) is 1.01. The summed E-state index contributed by atoms with van der Waals surface area (Å²) in [4.78, 5) is 26.0. The molecule has 2 N–H and O–H groups in total. The van der Waals surface area contributed by atoms with E-state index in [0.717, 1.165) is 44.8 Å². The number of ether oxygens (including phenoxy) is 2. The van der Waals surface area contributed by atoms with Crippen molar-refractivity contribution in [3.05, 3.63) is 107 Å². The molecule has 42 heavy (non-hydrogen) atoms. The number of rotatable bonds is 11. The molecule has 6 heteroatoms. The number of hydrogen-bond donors (Lipinski definition) is 2.